The van der Waals surface area contributed by atoms with Gasteiger partial charge in [-0.3, -0.25) is 4.98 Å². The molecule has 0 fully saturated rings. The van der Waals surface area contributed by atoms with Gasteiger partial charge >= 0.3 is 0 Å². The Morgan fingerprint density at radius 2 is 1.82 bits per heavy atom. The van der Waals surface area contributed by atoms with E-state index in [9.17, 15) is 0 Å². The van der Waals surface area contributed by atoms with E-state index in [-0.39, 0.29) is 26.5 Å². The standard InChI is InChI=1S/C33H26N3OS2.Pt/c1-33(2,3)21-12-14-34-26(16-21)32-24-13-15-38-29(24)19-30-25(32)18-31(39-30)37-23-9-7-8-22(17-23)36-20-35(4)27-10-5-6-11-28(27)36;/h5-16,19-20H,1-4H3;/q-3;/i4D3;. The zero-order valence-electron chi connectivity index (χ0n) is 25.0. The Bertz CT molecular complexity index is 1960. The van der Waals surface area contributed by atoms with Gasteiger partial charge in [0.15, 0.2) is 0 Å². The molecule has 40 heavy (non-hydrogen) atoms. The van der Waals surface area contributed by atoms with Gasteiger partial charge < -0.3 is 14.5 Å². The summed E-state index contributed by atoms with van der Waals surface area (Å²) in [6, 6.07) is 28.5. The summed E-state index contributed by atoms with van der Waals surface area (Å²) in [4.78, 5) is 7.91. The van der Waals surface area contributed by atoms with E-state index in [0.717, 1.165) is 32.4 Å². The van der Waals surface area contributed by atoms with Crippen LogP contribution in [0.5, 0.6) is 10.8 Å². The Balaban J connectivity index is 0.00000329. The van der Waals surface area contributed by atoms with Gasteiger partial charge in [0.2, 0.25) is 0 Å². The van der Waals surface area contributed by atoms with Crippen LogP contribution in [0.4, 0.5) is 17.1 Å². The molecule has 0 atom stereocenters. The second kappa shape index (κ2) is 10.3. The SMILES string of the molecule is [2H]C([2H])([2H])N1[CH-]N(c2[c-]c(Oc3[c-]c4c(-c5cc(C(C)(C)C)ccn5)c5ccsc5cc4s3)ccc2)c2ccccc21.[Pt]. The van der Waals surface area contributed by atoms with E-state index in [4.69, 9.17) is 13.8 Å². The van der Waals surface area contributed by atoms with Crippen molar-refractivity contribution in [1.82, 2.24) is 4.98 Å². The maximum absolute atomic E-state index is 7.98. The van der Waals surface area contributed by atoms with Crippen LogP contribution in [0.3, 0.4) is 0 Å². The maximum atomic E-state index is 7.98. The van der Waals surface area contributed by atoms with Crippen LogP contribution in [-0.2, 0) is 26.5 Å². The molecule has 7 rings (SSSR count). The largest absolute Gasteiger partial charge is 0.504 e. The van der Waals surface area contributed by atoms with Crippen LogP contribution < -0.4 is 14.5 Å². The fourth-order valence-corrected chi connectivity index (χ4v) is 6.73. The third-order valence-corrected chi connectivity index (χ3v) is 8.66. The van der Waals surface area contributed by atoms with E-state index in [0.29, 0.717) is 22.2 Å². The average Bonchev–Trinajstić information content (AvgIpc) is 3.67. The molecule has 0 amide bonds. The molecule has 0 N–H and O–H groups in total. The summed E-state index contributed by atoms with van der Waals surface area (Å²) >= 11 is 3.25. The fraction of sp³-hybridized carbons (Fsp3) is 0.152. The van der Waals surface area contributed by atoms with E-state index >= 15 is 0 Å². The minimum atomic E-state index is -2.31. The topological polar surface area (TPSA) is 28.6 Å². The van der Waals surface area contributed by atoms with Gasteiger partial charge in [0.05, 0.1) is 0 Å². The number of pyridine rings is 1. The van der Waals surface area contributed by atoms with Crippen molar-refractivity contribution in [3.8, 4) is 22.1 Å². The minimum Gasteiger partial charge on any atom is -0.504 e. The average molecular weight is 743 g/mol. The number of aromatic nitrogens is 1. The molecule has 3 aromatic carbocycles. The van der Waals surface area contributed by atoms with Crippen molar-refractivity contribution in [3.63, 3.8) is 0 Å². The zero-order valence-corrected chi connectivity index (χ0v) is 25.9. The van der Waals surface area contributed by atoms with Crippen molar-refractivity contribution in [1.29, 1.82) is 0 Å². The van der Waals surface area contributed by atoms with Crippen molar-refractivity contribution in [2.24, 2.45) is 0 Å². The number of hydrogen-bond acceptors (Lipinski definition) is 6. The normalized spacial score (nSPS) is 14.5. The number of ether oxygens (including phenoxy) is 1. The van der Waals surface area contributed by atoms with Gasteiger partial charge in [-0.2, -0.15) is 29.5 Å². The maximum Gasteiger partial charge on any atom is 0.107 e. The molecule has 0 saturated carbocycles. The van der Waals surface area contributed by atoms with Gasteiger partial charge in [-0.1, -0.05) is 60.7 Å². The summed E-state index contributed by atoms with van der Waals surface area (Å²) in [6.45, 7) is 5.91. The van der Waals surface area contributed by atoms with E-state index in [2.05, 4.69) is 62.5 Å². The number of thiophene rings is 2. The van der Waals surface area contributed by atoms with Gasteiger partial charge in [0.25, 0.3) is 0 Å². The van der Waals surface area contributed by atoms with Crippen molar-refractivity contribution >= 4 is 59.9 Å². The van der Waals surface area contributed by atoms with Crippen molar-refractivity contribution in [2.45, 2.75) is 26.2 Å². The summed E-state index contributed by atoms with van der Waals surface area (Å²) in [7, 11) is 0. The number of benzene rings is 3. The molecule has 0 radical (unpaired) electrons. The van der Waals surface area contributed by atoms with Crippen molar-refractivity contribution in [3.05, 3.63) is 103 Å². The van der Waals surface area contributed by atoms with Gasteiger partial charge in [-0.15, -0.1) is 41.3 Å². The zero-order chi connectivity index (χ0) is 29.2. The molecule has 0 unspecified atom stereocenters. The molecular formula is C33H26N3OPtS2-3. The number of nitrogens with zero attached hydrogens (tertiary/aromatic N) is 3. The van der Waals surface area contributed by atoms with E-state index in [1.165, 1.54) is 26.5 Å². The molecule has 204 valence electrons. The monoisotopic (exact) mass is 742 g/mol. The minimum absolute atomic E-state index is 0. The Labute approximate surface area is 261 Å². The first kappa shape index (κ1) is 23.5. The van der Waals surface area contributed by atoms with Crippen LogP contribution in [0, 0.1) is 18.8 Å². The Morgan fingerprint density at radius 1 is 0.975 bits per heavy atom. The summed E-state index contributed by atoms with van der Waals surface area (Å²) in [5, 5.41) is 4.87. The molecule has 3 aromatic heterocycles. The molecule has 0 saturated heterocycles. The molecule has 4 heterocycles. The molecular weight excluding hydrogens is 714 g/mol. The quantitative estimate of drug-likeness (QED) is 0.168. The first-order chi connectivity index (χ1) is 20.1. The molecule has 0 spiro atoms. The Hall–Kier alpha value is -3.18. The summed E-state index contributed by atoms with van der Waals surface area (Å²) in [5.74, 6) is 0.518. The second-order valence-electron chi connectivity index (χ2n) is 10.5. The van der Waals surface area contributed by atoms with Gasteiger partial charge in [0, 0.05) is 58.9 Å². The summed E-state index contributed by atoms with van der Waals surface area (Å²) < 4.78 is 32.5. The predicted octanol–water partition coefficient (Wildman–Crippen LogP) is 9.57. The van der Waals surface area contributed by atoms with Crippen molar-refractivity contribution in [2.75, 3.05) is 16.8 Å². The first-order valence-corrected chi connectivity index (χ1v) is 14.3. The summed E-state index contributed by atoms with van der Waals surface area (Å²) in [5.41, 5.74) is 5.28. The van der Waals surface area contributed by atoms with Crippen LogP contribution >= 0.6 is 22.7 Å². The van der Waals surface area contributed by atoms with Crippen LogP contribution in [-0.4, -0.2) is 12.0 Å². The molecule has 1 aliphatic heterocycles. The number of anilines is 3. The van der Waals surface area contributed by atoms with Crippen LogP contribution in [0.15, 0.2) is 78.3 Å². The molecule has 1 aliphatic rings. The molecule has 6 aromatic rings. The Kier molecular flexibility index (Phi) is 6.08. The van der Waals surface area contributed by atoms with Gasteiger partial charge in [-0.05, 0) is 47.6 Å². The smallest absolute Gasteiger partial charge is 0.107 e. The van der Waals surface area contributed by atoms with Gasteiger partial charge in [0.1, 0.15) is 5.06 Å². The molecule has 7 heteroatoms. The molecule has 4 nitrogen and oxygen atoms in total. The number of hydrogen-bond donors (Lipinski definition) is 0. The third kappa shape index (κ3) is 4.72. The number of para-hydroxylation sites is 2. The first-order valence-electron chi connectivity index (χ1n) is 14.1. The summed E-state index contributed by atoms with van der Waals surface area (Å²) in [6.07, 6.45) is 1.89. The van der Waals surface area contributed by atoms with E-state index in [1.54, 1.807) is 24.1 Å². The van der Waals surface area contributed by atoms with E-state index in [1.807, 2.05) is 47.5 Å². The number of fused-ring (bicyclic) bond motifs is 3. The van der Waals surface area contributed by atoms with Gasteiger partial charge in [-0.25, -0.2) is 0 Å². The number of rotatable bonds is 4. The fourth-order valence-electron chi connectivity index (χ4n) is 4.91. The second-order valence-corrected chi connectivity index (χ2v) is 12.5. The third-order valence-electron chi connectivity index (χ3n) is 6.88. The molecule has 0 bridgehead atoms. The van der Waals surface area contributed by atoms with E-state index < -0.39 is 6.98 Å². The van der Waals surface area contributed by atoms with Crippen LogP contribution in [0.2, 0.25) is 0 Å². The van der Waals surface area contributed by atoms with Crippen LogP contribution in [0.25, 0.3) is 31.4 Å². The Morgan fingerprint density at radius 3 is 2.65 bits per heavy atom. The molecule has 0 aliphatic carbocycles. The van der Waals surface area contributed by atoms with Crippen LogP contribution in [0.1, 0.15) is 30.4 Å². The van der Waals surface area contributed by atoms with Crippen molar-refractivity contribution < 1.29 is 29.9 Å². The predicted molar refractivity (Wildman–Crippen MR) is 165 cm³/mol.